The Morgan fingerprint density at radius 2 is 1.72 bits per heavy atom. The van der Waals surface area contributed by atoms with Gasteiger partial charge in [0, 0.05) is 20.2 Å². The number of nitrogens with zero attached hydrogens (tertiary/aromatic N) is 2. The third-order valence-electron chi connectivity index (χ3n) is 6.22. The summed E-state index contributed by atoms with van der Waals surface area (Å²) < 4.78 is 25.0. The summed E-state index contributed by atoms with van der Waals surface area (Å²) in [5, 5.41) is 2.95. The molecule has 0 aliphatic heterocycles. The van der Waals surface area contributed by atoms with E-state index < -0.39 is 17.8 Å². The first kappa shape index (κ1) is 27.5. The molecule has 1 heterocycles. The van der Waals surface area contributed by atoms with Crippen molar-refractivity contribution in [2.45, 2.75) is 20.0 Å². The van der Waals surface area contributed by atoms with Crippen LogP contribution in [0.5, 0.6) is 0 Å². The molecular formula is C30H30FN3O5. The predicted octanol–water partition coefficient (Wildman–Crippen LogP) is 4.95. The Hall–Kier alpha value is -4.50. The highest BCUT2D eigenvalue weighted by atomic mass is 19.1. The highest BCUT2D eigenvalue weighted by Crippen LogP contribution is 2.17. The van der Waals surface area contributed by atoms with Crippen molar-refractivity contribution in [3.8, 4) is 0 Å². The van der Waals surface area contributed by atoms with Crippen molar-refractivity contribution >= 4 is 28.6 Å². The van der Waals surface area contributed by atoms with Gasteiger partial charge in [0.1, 0.15) is 17.9 Å². The number of benzene rings is 3. The molecule has 0 aliphatic carbocycles. The number of ether oxygens (including phenoxy) is 1. The first-order valence-corrected chi connectivity index (χ1v) is 12.5. The van der Waals surface area contributed by atoms with Crippen LogP contribution in [0.15, 0.2) is 88.3 Å². The summed E-state index contributed by atoms with van der Waals surface area (Å²) in [4.78, 5) is 42.7. The molecule has 0 unspecified atom stereocenters. The number of methoxy groups -OCH3 is 1. The van der Waals surface area contributed by atoms with E-state index in [1.807, 2.05) is 43.3 Å². The monoisotopic (exact) mass is 531 g/mol. The Kier molecular flexibility index (Phi) is 9.06. The van der Waals surface area contributed by atoms with Gasteiger partial charge in [0.05, 0.1) is 36.1 Å². The lowest BCUT2D eigenvalue weighted by atomic mass is 10.1. The lowest BCUT2D eigenvalue weighted by Crippen LogP contribution is -2.45. The Morgan fingerprint density at radius 1 is 0.974 bits per heavy atom. The van der Waals surface area contributed by atoms with Crippen LogP contribution in [0.25, 0.3) is 11.0 Å². The molecule has 4 rings (SSSR count). The molecule has 1 N–H and O–H groups in total. The van der Waals surface area contributed by atoms with E-state index in [0.717, 1.165) is 11.1 Å². The topological polar surface area (TPSA) is 92.1 Å². The van der Waals surface area contributed by atoms with Gasteiger partial charge in [-0.05, 0) is 36.8 Å². The van der Waals surface area contributed by atoms with Crippen molar-refractivity contribution in [1.82, 2.24) is 9.80 Å². The second-order valence-corrected chi connectivity index (χ2v) is 9.15. The fraction of sp³-hybridized carbons (Fsp3) is 0.233. The normalized spacial score (nSPS) is 10.8. The molecule has 0 saturated carbocycles. The molecule has 0 spiro atoms. The third kappa shape index (κ3) is 7.08. The van der Waals surface area contributed by atoms with Crippen molar-refractivity contribution in [2.75, 3.05) is 32.1 Å². The lowest BCUT2D eigenvalue weighted by Gasteiger charge is -2.28. The van der Waals surface area contributed by atoms with Crippen LogP contribution in [-0.2, 0) is 22.6 Å². The minimum absolute atomic E-state index is 0.00238. The molecule has 9 heteroatoms. The number of anilines is 1. The minimum Gasteiger partial charge on any atom is -0.464 e. The SMILES string of the molecule is COCCN(CC(=O)N(Cc1ccccc1)Cc1coc2ccc(C)cc2c1=O)C(=O)Nc1ccccc1F. The van der Waals surface area contributed by atoms with Crippen LogP contribution in [0.3, 0.4) is 0 Å². The van der Waals surface area contributed by atoms with Gasteiger partial charge in [0.15, 0.2) is 5.43 Å². The van der Waals surface area contributed by atoms with E-state index in [0.29, 0.717) is 16.5 Å². The van der Waals surface area contributed by atoms with Gasteiger partial charge in [-0.2, -0.15) is 0 Å². The number of carbonyl (C=O) groups is 2. The Bertz CT molecular complexity index is 1510. The number of amides is 3. The van der Waals surface area contributed by atoms with E-state index in [2.05, 4.69) is 5.32 Å². The van der Waals surface area contributed by atoms with Gasteiger partial charge < -0.3 is 24.3 Å². The van der Waals surface area contributed by atoms with E-state index in [4.69, 9.17) is 9.15 Å². The van der Waals surface area contributed by atoms with Gasteiger partial charge >= 0.3 is 6.03 Å². The maximum atomic E-state index is 14.1. The summed E-state index contributed by atoms with van der Waals surface area (Å²) in [5.74, 6) is -0.991. The zero-order chi connectivity index (χ0) is 27.8. The van der Waals surface area contributed by atoms with Gasteiger partial charge in [-0.25, -0.2) is 9.18 Å². The number of rotatable bonds is 10. The van der Waals surface area contributed by atoms with E-state index in [1.54, 1.807) is 18.2 Å². The summed E-state index contributed by atoms with van der Waals surface area (Å²) in [7, 11) is 1.48. The summed E-state index contributed by atoms with van der Waals surface area (Å²) >= 11 is 0. The van der Waals surface area contributed by atoms with E-state index >= 15 is 0 Å². The number of hydrogen-bond acceptors (Lipinski definition) is 5. The van der Waals surface area contributed by atoms with Crippen LogP contribution in [0, 0.1) is 12.7 Å². The van der Waals surface area contributed by atoms with Crippen LogP contribution in [0.4, 0.5) is 14.9 Å². The molecule has 202 valence electrons. The summed E-state index contributed by atoms with van der Waals surface area (Å²) in [6.07, 6.45) is 1.37. The van der Waals surface area contributed by atoms with Gasteiger partial charge in [-0.1, -0.05) is 54.1 Å². The van der Waals surface area contributed by atoms with E-state index in [-0.39, 0.29) is 43.9 Å². The van der Waals surface area contributed by atoms with Crippen molar-refractivity contribution in [2.24, 2.45) is 0 Å². The number of carbonyl (C=O) groups excluding carboxylic acids is 2. The average Bonchev–Trinajstić information content (AvgIpc) is 2.94. The first-order chi connectivity index (χ1) is 18.9. The largest absolute Gasteiger partial charge is 0.464 e. The van der Waals surface area contributed by atoms with E-state index in [1.165, 1.54) is 41.4 Å². The molecule has 1 aromatic heterocycles. The number of aryl methyl sites for hydroxylation is 1. The zero-order valence-corrected chi connectivity index (χ0v) is 21.9. The molecule has 39 heavy (non-hydrogen) atoms. The summed E-state index contributed by atoms with van der Waals surface area (Å²) in [6.45, 7) is 2.03. The highest BCUT2D eigenvalue weighted by molar-refractivity contribution is 5.92. The lowest BCUT2D eigenvalue weighted by molar-refractivity contribution is -0.133. The highest BCUT2D eigenvalue weighted by Gasteiger charge is 2.24. The fourth-order valence-electron chi connectivity index (χ4n) is 4.11. The smallest absolute Gasteiger partial charge is 0.322 e. The molecule has 3 aromatic carbocycles. The molecule has 0 radical (unpaired) electrons. The van der Waals surface area contributed by atoms with Crippen LogP contribution >= 0.6 is 0 Å². The van der Waals surface area contributed by atoms with Crippen molar-refractivity contribution < 1.29 is 23.1 Å². The molecule has 0 aliphatic rings. The molecule has 8 nitrogen and oxygen atoms in total. The number of urea groups is 1. The average molecular weight is 532 g/mol. The molecular weight excluding hydrogens is 501 g/mol. The second kappa shape index (κ2) is 12.8. The van der Waals surface area contributed by atoms with Crippen molar-refractivity contribution in [1.29, 1.82) is 0 Å². The fourth-order valence-corrected chi connectivity index (χ4v) is 4.11. The Morgan fingerprint density at radius 3 is 2.46 bits per heavy atom. The predicted molar refractivity (Wildman–Crippen MR) is 147 cm³/mol. The minimum atomic E-state index is -0.647. The summed E-state index contributed by atoms with van der Waals surface area (Å²) in [5.41, 5.74) is 2.33. The maximum Gasteiger partial charge on any atom is 0.322 e. The maximum absolute atomic E-state index is 14.1. The molecule has 3 amide bonds. The van der Waals surface area contributed by atoms with E-state index in [9.17, 15) is 18.8 Å². The molecule has 0 bridgehead atoms. The molecule has 4 aromatic rings. The number of para-hydroxylation sites is 1. The second-order valence-electron chi connectivity index (χ2n) is 9.15. The van der Waals surface area contributed by atoms with Gasteiger partial charge in [-0.15, -0.1) is 0 Å². The van der Waals surface area contributed by atoms with Crippen molar-refractivity contribution in [3.05, 3.63) is 112 Å². The standard InChI is InChI=1S/C30H30FN3O5/c1-21-12-13-27-24(16-21)29(36)23(20-39-27)18-34(17-22-8-4-3-5-9-22)28(35)19-33(14-15-38-2)30(37)32-26-11-7-6-10-25(26)31/h3-13,16,20H,14-15,17-19H2,1-2H3,(H,32,37). The van der Waals surface area contributed by atoms with Crippen LogP contribution < -0.4 is 10.7 Å². The third-order valence-corrected chi connectivity index (χ3v) is 6.22. The molecule has 0 saturated heterocycles. The zero-order valence-electron chi connectivity index (χ0n) is 21.9. The first-order valence-electron chi connectivity index (χ1n) is 12.5. The number of fused-ring (bicyclic) bond motifs is 1. The van der Waals surface area contributed by atoms with Crippen LogP contribution in [0.2, 0.25) is 0 Å². The number of hydrogen-bond donors (Lipinski definition) is 1. The van der Waals surface area contributed by atoms with Crippen LogP contribution in [0.1, 0.15) is 16.7 Å². The molecule has 0 fully saturated rings. The number of halogens is 1. The quantitative estimate of drug-likeness (QED) is 0.313. The van der Waals surface area contributed by atoms with Gasteiger partial charge in [0.25, 0.3) is 0 Å². The summed E-state index contributed by atoms with van der Waals surface area (Å²) in [6, 6.07) is 19.8. The Balaban J connectivity index is 1.60. The van der Waals surface area contributed by atoms with Gasteiger partial charge in [-0.3, -0.25) is 9.59 Å². The molecule has 0 atom stereocenters. The van der Waals surface area contributed by atoms with Crippen LogP contribution in [-0.4, -0.2) is 48.5 Å². The van der Waals surface area contributed by atoms with Gasteiger partial charge in [0.2, 0.25) is 5.91 Å². The Labute approximate surface area is 225 Å². The number of nitrogens with one attached hydrogen (secondary N) is 1. The van der Waals surface area contributed by atoms with Crippen molar-refractivity contribution in [3.63, 3.8) is 0 Å².